The smallest absolute Gasteiger partial charge is 0.399 e. The average Bonchev–Trinajstić information content (AvgIpc) is 2.87. The quantitative estimate of drug-likeness (QED) is 0.530. The molecule has 0 bridgehead atoms. The summed E-state index contributed by atoms with van der Waals surface area (Å²) in [5, 5.41) is 0. The summed E-state index contributed by atoms with van der Waals surface area (Å²) in [6.07, 6.45) is 2.22. The minimum absolute atomic E-state index is 0.0266. The van der Waals surface area contributed by atoms with Gasteiger partial charge in [0, 0.05) is 33.7 Å². The highest BCUT2D eigenvalue weighted by Crippen LogP contribution is 2.37. The lowest BCUT2D eigenvalue weighted by atomic mass is 9.78. The zero-order valence-electron chi connectivity index (χ0n) is 18.3. The van der Waals surface area contributed by atoms with Crippen LogP contribution in [0.4, 0.5) is 14.5 Å². The summed E-state index contributed by atoms with van der Waals surface area (Å²) < 4.78 is 52.2. The predicted octanol–water partition coefficient (Wildman–Crippen LogP) is 3.49. The number of halogens is 2. The van der Waals surface area contributed by atoms with E-state index in [-0.39, 0.29) is 12.0 Å². The van der Waals surface area contributed by atoms with Crippen LogP contribution in [0.3, 0.4) is 0 Å². The number of hydrogen-bond acceptors (Lipinski definition) is 5. The molecule has 0 amide bonds. The van der Waals surface area contributed by atoms with Crippen molar-refractivity contribution in [3.05, 3.63) is 23.8 Å². The van der Waals surface area contributed by atoms with Crippen molar-refractivity contribution in [2.45, 2.75) is 64.4 Å². The van der Waals surface area contributed by atoms with Gasteiger partial charge in [0.1, 0.15) is 17.3 Å². The Morgan fingerprint density at radius 3 is 1.97 bits per heavy atom. The van der Waals surface area contributed by atoms with Gasteiger partial charge in [0.2, 0.25) is 0 Å². The van der Waals surface area contributed by atoms with E-state index in [9.17, 15) is 8.78 Å². The van der Waals surface area contributed by atoms with Crippen molar-refractivity contribution in [2.75, 3.05) is 32.2 Å². The van der Waals surface area contributed by atoms with Crippen LogP contribution in [0, 0.1) is 17.6 Å². The van der Waals surface area contributed by atoms with Crippen LogP contribution in [0.15, 0.2) is 12.1 Å². The van der Waals surface area contributed by atoms with Crippen molar-refractivity contribution in [2.24, 2.45) is 5.92 Å². The maximum absolute atomic E-state index is 14.9. The molecule has 1 aromatic carbocycles. The molecule has 2 heterocycles. The fourth-order valence-electron chi connectivity index (χ4n) is 3.96. The first kappa shape index (κ1) is 22.5. The summed E-state index contributed by atoms with van der Waals surface area (Å²) in [5.41, 5.74) is -0.736. The van der Waals surface area contributed by atoms with Gasteiger partial charge in [-0.3, -0.25) is 0 Å². The highest BCUT2D eigenvalue weighted by Gasteiger charge is 2.52. The van der Waals surface area contributed by atoms with Crippen molar-refractivity contribution in [3.8, 4) is 0 Å². The number of benzene rings is 1. The molecular weight excluding hydrogens is 379 g/mol. The summed E-state index contributed by atoms with van der Waals surface area (Å²) >= 11 is 0. The van der Waals surface area contributed by atoms with Gasteiger partial charge in [0.05, 0.1) is 11.2 Å². The number of rotatable bonds is 6. The van der Waals surface area contributed by atoms with Crippen LogP contribution in [0.1, 0.15) is 47.0 Å². The molecule has 0 saturated carbocycles. The number of nitrogens with zero attached hydrogens (tertiary/aromatic N) is 1. The maximum Gasteiger partial charge on any atom is 0.495 e. The Kier molecular flexibility index (Phi) is 6.58. The van der Waals surface area contributed by atoms with Gasteiger partial charge in [-0.05, 0) is 64.1 Å². The first-order valence-corrected chi connectivity index (χ1v) is 10.2. The second kappa shape index (κ2) is 8.50. The summed E-state index contributed by atoms with van der Waals surface area (Å²) in [5.74, 6) is -0.758. The first-order valence-electron chi connectivity index (χ1n) is 10.2. The number of ether oxygens (including phenoxy) is 2. The van der Waals surface area contributed by atoms with E-state index >= 15 is 0 Å². The third kappa shape index (κ3) is 4.60. The lowest BCUT2D eigenvalue weighted by Gasteiger charge is -2.35. The van der Waals surface area contributed by atoms with Gasteiger partial charge in [-0.15, -0.1) is 0 Å². The minimum Gasteiger partial charge on any atom is -0.399 e. The normalized spacial score (nSPS) is 22.0. The third-order valence-electron chi connectivity index (χ3n) is 6.55. The van der Waals surface area contributed by atoms with Crippen LogP contribution < -0.4 is 10.4 Å². The highest BCUT2D eigenvalue weighted by atomic mass is 19.1. The monoisotopic (exact) mass is 411 g/mol. The first-order chi connectivity index (χ1) is 13.6. The summed E-state index contributed by atoms with van der Waals surface area (Å²) in [7, 11) is 2.45. The van der Waals surface area contributed by atoms with E-state index < -0.39 is 30.0 Å². The van der Waals surface area contributed by atoms with Crippen molar-refractivity contribution in [1.82, 2.24) is 0 Å². The van der Waals surface area contributed by atoms with Crippen LogP contribution in [-0.2, 0) is 18.8 Å². The lowest BCUT2D eigenvalue weighted by molar-refractivity contribution is -0.115. The Hall–Kier alpha value is -1.22. The molecule has 2 saturated heterocycles. The standard InChI is InChI=1S/C21H32BF2NO4/c1-20(2)21(3,4)29-22(28-20)15-12-16(23)19(17(24)13-15)25-9-7-14(8-10-25)11-18(26-5)27-6/h12-14,18H,7-11H2,1-6H3. The molecule has 0 radical (unpaired) electrons. The van der Waals surface area contributed by atoms with Gasteiger partial charge in [-0.1, -0.05) is 0 Å². The molecule has 162 valence electrons. The maximum atomic E-state index is 14.9. The fourth-order valence-corrected chi connectivity index (χ4v) is 3.96. The molecule has 29 heavy (non-hydrogen) atoms. The molecule has 1 aromatic rings. The topological polar surface area (TPSA) is 40.2 Å². The van der Waals surface area contributed by atoms with Gasteiger partial charge < -0.3 is 23.7 Å². The van der Waals surface area contributed by atoms with Crippen LogP contribution in [0.25, 0.3) is 0 Å². The molecule has 2 fully saturated rings. The zero-order chi connectivity index (χ0) is 21.4. The lowest BCUT2D eigenvalue weighted by Crippen LogP contribution is -2.41. The molecule has 0 atom stereocenters. The second-order valence-electron chi connectivity index (χ2n) is 8.99. The van der Waals surface area contributed by atoms with Crippen LogP contribution in [0.2, 0.25) is 0 Å². The molecule has 0 N–H and O–H groups in total. The molecule has 8 heteroatoms. The Balaban J connectivity index is 1.70. The van der Waals surface area contributed by atoms with E-state index in [1.54, 1.807) is 19.1 Å². The van der Waals surface area contributed by atoms with Gasteiger partial charge >= 0.3 is 7.12 Å². The predicted molar refractivity (Wildman–Crippen MR) is 109 cm³/mol. The largest absolute Gasteiger partial charge is 0.495 e. The van der Waals surface area contributed by atoms with Gasteiger partial charge in [0.15, 0.2) is 6.29 Å². The SMILES string of the molecule is COC(CC1CCN(c2c(F)cc(B3OC(C)(C)C(C)(C)O3)cc2F)CC1)OC. The van der Waals surface area contributed by atoms with Crippen LogP contribution in [0.5, 0.6) is 0 Å². The molecule has 3 rings (SSSR count). The Labute approximate surface area is 172 Å². The molecule has 0 aliphatic carbocycles. The molecule has 0 unspecified atom stereocenters. The molecule has 2 aliphatic rings. The molecule has 5 nitrogen and oxygen atoms in total. The van der Waals surface area contributed by atoms with Gasteiger partial charge in [-0.2, -0.15) is 0 Å². The summed E-state index contributed by atoms with van der Waals surface area (Å²) in [4.78, 5) is 1.78. The van der Waals surface area contributed by atoms with E-state index in [4.69, 9.17) is 18.8 Å². The average molecular weight is 411 g/mol. The Morgan fingerprint density at radius 2 is 1.52 bits per heavy atom. The summed E-state index contributed by atoms with van der Waals surface area (Å²) in [6, 6.07) is 2.66. The van der Waals surface area contributed by atoms with E-state index in [1.165, 1.54) is 12.1 Å². The Bertz CT molecular complexity index is 680. The number of methoxy groups -OCH3 is 2. The summed E-state index contributed by atoms with van der Waals surface area (Å²) in [6.45, 7) is 8.83. The molecular formula is C21H32BF2NO4. The molecule has 0 aromatic heterocycles. The van der Waals surface area contributed by atoms with E-state index in [2.05, 4.69) is 0 Å². The molecule has 0 spiro atoms. The van der Waals surface area contributed by atoms with E-state index in [0.717, 1.165) is 19.3 Å². The Morgan fingerprint density at radius 1 is 1.03 bits per heavy atom. The van der Waals surface area contributed by atoms with E-state index in [0.29, 0.717) is 24.5 Å². The van der Waals surface area contributed by atoms with E-state index in [1.807, 2.05) is 27.7 Å². The molecule has 2 aliphatic heterocycles. The van der Waals surface area contributed by atoms with Gasteiger partial charge in [0.25, 0.3) is 0 Å². The van der Waals surface area contributed by atoms with Gasteiger partial charge in [-0.25, -0.2) is 8.78 Å². The van der Waals surface area contributed by atoms with Crippen molar-refractivity contribution >= 4 is 18.3 Å². The van der Waals surface area contributed by atoms with Crippen LogP contribution in [-0.4, -0.2) is 51.9 Å². The zero-order valence-corrected chi connectivity index (χ0v) is 18.3. The van der Waals surface area contributed by atoms with Crippen molar-refractivity contribution in [1.29, 1.82) is 0 Å². The highest BCUT2D eigenvalue weighted by molar-refractivity contribution is 6.62. The van der Waals surface area contributed by atoms with Crippen molar-refractivity contribution in [3.63, 3.8) is 0 Å². The number of anilines is 1. The number of hydrogen-bond donors (Lipinski definition) is 0. The fraction of sp³-hybridized carbons (Fsp3) is 0.714. The minimum atomic E-state index is -0.788. The van der Waals surface area contributed by atoms with Crippen molar-refractivity contribution < 1.29 is 27.6 Å². The second-order valence-corrected chi connectivity index (χ2v) is 8.99. The number of piperidine rings is 1. The third-order valence-corrected chi connectivity index (χ3v) is 6.55. The van der Waals surface area contributed by atoms with Crippen LogP contribution >= 0.6 is 0 Å².